The minimum atomic E-state index is -0.500. The maximum absolute atomic E-state index is 13.1. The number of hydrogen-bond donors (Lipinski definition) is 1. The van der Waals surface area contributed by atoms with Crippen molar-refractivity contribution in [3.8, 4) is 33.8 Å². The van der Waals surface area contributed by atoms with Crippen molar-refractivity contribution in [2.45, 2.75) is 208 Å². The SMILES string of the molecule is CCCCCCCCCOC(=O)c1ccc(-c2ccc(OC(=O)c3ccc(-c4ccc(OCC(C)OCC(C)OCC(C)OCC(C)OCC(C)OCC(C)OCC(C)OCC(C)OCC(C)OCC(C)OCC(C)OCC(C)O)cc4)cc3)cc2)cc1. The van der Waals surface area contributed by atoms with E-state index in [1.807, 2.05) is 137 Å². The molecule has 4 aromatic rings. The monoisotopic (exact) mass is 1230 g/mol. The van der Waals surface area contributed by atoms with Gasteiger partial charge in [-0.2, -0.15) is 0 Å². The van der Waals surface area contributed by atoms with Crippen LogP contribution in [0, 0.1) is 0 Å². The van der Waals surface area contributed by atoms with Crippen LogP contribution in [-0.2, 0) is 56.8 Å². The van der Waals surface area contributed by atoms with Crippen LogP contribution < -0.4 is 9.47 Å². The van der Waals surface area contributed by atoms with Crippen LogP contribution in [0.5, 0.6) is 11.5 Å². The summed E-state index contributed by atoms with van der Waals surface area (Å²) in [4.78, 5) is 25.6. The second-order valence-corrected chi connectivity index (χ2v) is 23.6. The molecular weight excluding hydrogens is 1120 g/mol. The molecule has 0 aromatic heterocycles. The first kappa shape index (κ1) is 75.6. The van der Waals surface area contributed by atoms with Crippen molar-refractivity contribution < 1.29 is 81.0 Å². The van der Waals surface area contributed by atoms with Gasteiger partial charge in [0, 0.05) is 0 Å². The van der Waals surface area contributed by atoms with Crippen molar-refractivity contribution in [3.63, 3.8) is 0 Å². The summed E-state index contributed by atoms with van der Waals surface area (Å²) in [5.74, 6) is 0.399. The summed E-state index contributed by atoms with van der Waals surface area (Å²) >= 11 is 0. The molecular formula is C71H108O17. The van der Waals surface area contributed by atoms with Gasteiger partial charge in [-0.15, -0.1) is 0 Å². The molecule has 0 heterocycles. The Labute approximate surface area is 526 Å². The van der Waals surface area contributed by atoms with Crippen molar-refractivity contribution in [3.05, 3.63) is 108 Å². The normalized spacial score (nSPS) is 15.9. The molecule has 0 saturated carbocycles. The number of ether oxygens (including phenoxy) is 14. The van der Waals surface area contributed by atoms with E-state index in [0.717, 1.165) is 40.8 Å². The summed E-state index contributed by atoms with van der Waals surface area (Å²) in [6, 6.07) is 29.8. The highest BCUT2D eigenvalue weighted by atomic mass is 16.6. The average molecular weight is 1230 g/mol. The van der Waals surface area contributed by atoms with Crippen LogP contribution in [0.3, 0.4) is 0 Å². The Morgan fingerprint density at radius 1 is 0.318 bits per heavy atom. The van der Waals surface area contributed by atoms with Crippen LogP contribution in [0.25, 0.3) is 22.3 Å². The molecule has 0 amide bonds. The van der Waals surface area contributed by atoms with Gasteiger partial charge in [-0.3, -0.25) is 0 Å². The van der Waals surface area contributed by atoms with E-state index < -0.39 is 12.1 Å². The Morgan fingerprint density at radius 3 is 0.898 bits per heavy atom. The fourth-order valence-electron chi connectivity index (χ4n) is 8.57. The lowest BCUT2D eigenvalue weighted by atomic mass is 10.0. The average Bonchev–Trinajstić information content (AvgIpc) is 3.67. The van der Waals surface area contributed by atoms with Crippen molar-refractivity contribution in [1.29, 1.82) is 0 Å². The third kappa shape index (κ3) is 33.3. The molecule has 0 aliphatic heterocycles. The number of rotatable bonds is 49. The van der Waals surface area contributed by atoms with Crippen molar-refractivity contribution in [2.24, 2.45) is 0 Å². The highest BCUT2D eigenvalue weighted by molar-refractivity contribution is 5.92. The van der Waals surface area contributed by atoms with Gasteiger partial charge in [0.2, 0.25) is 0 Å². The number of esters is 2. The molecule has 12 atom stereocenters. The molecule has 17 heteroatoms. The first-order chi connectivity index (χ1) is 42.3. The molecule has 0 aliphatic carbocycles. The summed E-state index contributed by atoms with van der Waals surface area (Å²) in [5, 5.41) is 9.37. The van der Waals surface area contributed by atoms with Gasteiger partial charge in [0.15, 0.2) is 0 Å². The number of benzene rings is 4. The van der Waals surface area contributed by atoms with Crippen LogP contribution in [0.1, 0.15) is 156 Å². The van der Waals surface area contributed by atoms with Gasteiger partial charge in [-0.1, -0.05) is 94.0 Å². The van der Waals surface area contributed by atoms with E-state index in [2.05, 4.69) is 6.92 Å². The predicted molar refractivity (Wildman–Crippen MR) is 344 cm³/mol. The zero-order valence-electron chi connectivity index (χ0n) is 55.3. The summed E-state index contributed by atoms with van der Waals surface area (Å²) in [7, 11) is 0. The Balaban J connectivity index is 0.994. The van der Waals surface area contributed by atoms with E-state index in [1.54, 1.807) is 43.3 Å². The molecule has 0 radical (unpaired) electrons. The molecule has 17 nitrogen and oxygen atoms in total. The minimum absolute atomic E-state index is 0.0939. The van der Waals surface area contributed by atoms with E-state index in [0.29, 0.717) is 96.2 Å². The predicted octanol–water partition coefficient (Wildman–Crippen LogP) is 13.4. The van der Waals surface area contributed by atoms with Gasteiger partial charge in [0.05, 0.1) is 164 Å². The standard InChI is InChI=1S/C71H108O17/c1-14-15-16-17-18-19-20-37-75-70(73)66-25-21-62(22-26-66)65-31-35-69(36-32-65)88-71(74)67-27-23-63(24-28-67)64-29-33-68(34-30-64)87-49-61(13)86-48-60(12)85-47-59(11)84-46-58(10)83-45-57(9)82-44-56(8)81-43-55(7)80-42-54(6)79-41-53(5)78-40-52(4)77-39-51(3)76-38-50(2)72/h21-36,50-61,72H,14-20,37-49H2,1-13H3. The van der Waals surface area contributed by atoms with Crippen LogP contribution in [0.4, 0.5) is 0 Å². The summed E-state index contributed by atoms with van der Waals surface area (Å²) in [6.07, 6.45) is 6.34. The van der Waals surface area contributed by atoms with E-state index in [9.17, 15) is 14.7 Å². The molecule has 1 N–H and O–H groups in total. The van der Waals surface area contributed by atoms with Crippen LogP contribution >= 0.6 is 0 Å². The first-order valence-corrected chi connectivity index (χ1v) is 32.1. The molecule has 0 spiro atoms. The fourth-order valence-corrected chi connectivity index (χ4v) is 8.57. The molecule has 12 unspecified atom stereocenters. The number of aliphatic hydroxyl groups excluding tert-OH is 1. The van der Waals surface area contributed by atoms with Gasteiger partial charge >= 0.3 is 11.9 Å². The highest BCUT2D eigenvalue weighted by Crippen LogP contribution is 2.26. The molecule has 4 rings (SSSR count). The third-order valence-electron chi connectivity index (χ3n) is 14.1. The van der Waals surface area contributed by atoms with Crippen molar-refractivity contribution in [2.75, 3.05) is 85.9 Å². The second-order valence-electron chi connectivity index (χ2n) is 23.6. The van der Waals surface area contributed by atoms with Crippen molar-refractivity contribution >= 4 is 11.9 Å². The summed E-state index contributed by atoms with van der Waals surface area (Å²) in [5.41, 5.74) is 4.76. The summed E-state index contributed by atoms with van der Waals surface area (Å²) in [6.45, 7) is 30.9. The van der Waals surface area contributed by atoms with Crippen molar-refractivity contribution in [1.82, 2.24) is 0 Å². The largest absolute Gasteiger partial charge is 0.491 e. The zero-order chi connectivity index (χ0) is 64.1. The topological polar surface area (TPSA) is 184 Å². The number of unbranched alkanes of at least 4 members (excludes halogenated alkanes) is 6. The van der Waals surface area contributed by atoms with E-state index >= 15 is 0 Å². The Hall–Kier alpha value is -4.86. The Kier molecular flexibility index (Phi) is 37.6. The number of carbonyl (C=O) groups excluding carboxylic acids is 2. The Bertz CT molecular complexity index is 2420. The van der Waals surface area contributed by atoms with Crippen LogP contribution in [0.15, 0.2) is 97.1 Å². The minimum Gasteiger partial charge on any atom is -0.491 e. The lowest BCUT2D eigenvalue weighted by Crippen LogP contribution is -2.31. The number of carbonyl (C=O) groups is 2. The third-order valence-corrected chi connectivity index (χ3v) is 14.1. The lowest BCUT2D eigenvalue weighted by Gasteiger charge is -2.23. The molecule has 0 fully saturated rings. The van der Waals surface area contributed by atoms with E-state index in [4.69, 9.17) is 66.3 Å². The zero-order valence-corrected chi connectivity index (χ0v) is 55.3. The summed E-state index contributed by atoms with van der Waals surface area (Å²) < 4.78 is 82.5. The van der Waals surface area contributed by atoms with E-state index in [1.165, 1.54) is 32.1 Å². The van der Waals surface area contributed by atoms with Gasteiger partial charge in [-0.05, 0) is 160 Å². The molecule has 0 bridgehead atoms. The lowest BCUT2D eigenvalue weighted by molar-refractivity contribution is -0.113. The van der Waals surface area contributed by atoms with E-state index in [-0.39, 0.29) is 79.7 Å². The fraction of sp³-hybridized carbons (Fsp3) is 0.634. The van der Waals surface area contributed by atoms with Gasteiger partial charge < -0.3 is 71.4 Å². The maximum atomic E-state index is 13.1. The molecule has 494 valence electrons. The molecule has 4 aromatic carbocycles. The first-order valence-electron chi connectivity index (χ1n) is 32.1. The smallest absolute Gasteiger partial charge is 0.343 e. The number of hydrogen-bond acceptors (Lipinski definition) is 17. The molecule has 0 saturated heterocycles. The quantitative estimate of drug-likeness (QED) is 0.0250. The maximum Gasteiger partial charge on any atom is 0.343 e. The van der Waals surface area contributed by atoms with Crippen LogP contribution in [-0.4, -0.2) is 176 Å². The molecule has 88 heavy (non-hydrogen) atoms. The van der Waals surface area contributed by atoms with Gasteiger partial charge in [0.1, 0.15) is 18.1 Å². The van der Waals surface area contributed by atoms with Crippen LogP contribution in [0.2, 0.25) is 0 Å². The molecule has 0 aliphatic rings. The number of aliphatic hydroxyl groups is 1. The Morgan fingerprint density at radius 2 is 0.580 bits per heavy atom. The van der Waals surface area contributed by atoms with Gasteiger partial charge in [-0.25, -0.2) is 9.59 Å². The van der Waals surface area contributed by atoms with Gasteiger partial charge in [0.25, 0.3) is 0 Å². The second kappa shape index (κ2) is 43.8. The highest BCUT2D eigenvalue weighted by Gasteiger charge is 2.18.